The van der Waals surface area contributed by atoms with Crippen LogP contribution in [0.2, 0.25) is 0 Å². The molecule has 0 saturated carbocycles. The first-order valence-corrected chi connectivity index (χ1v) is 6.06. The average Bonchev–Trinajstić information content (AvgIpc) is 2.85. The molecule has 2 heterocycles. The molecule has 0 unspecified atom stereocenters. The number of hydrogen-bond acceptors (Lipinski definition) is 3. The Bertz CT molecular complexity index is 513. The van der Waals surface area contributed by atoms with Gasteiger partial charge in [0.15, 0.2) is 0 Å². The van der Waals surface area contributed by atoms with Crippen LogP contribution < -0.4 is 10.1 Å². The number of benzene rings is 1. The molecule has 5 nitrogen and oxygen atoms in total. The number of nitrogens with one attached hydrogen (secondary N) is 1. The summed E-state index contributed by atoms with van der Waals surface area (Å²) in [4.78, 5) is 25.1. The van der Waals surface area contributed by atoms with Crippen LogP contribution in [0, 0.1) is 0 Å². The van der Waals surface area contributed by atoms with Gasteiger partial charge in [0.2, 0.25) is 5.91 Å². The third kappa shape index (κ3) is 1.92. The van der Waals surface area contributed by atoms with E-state index in [2.05, 4.69) is 5.32 Å². The van der Waals surface area contributed by atoms with Crippen LogP contribution >= 0.6 is 0 Å². The molecule has 0 aromatic heterocycles. The number of nitrogens with zero attached hydrogens (tertiary/aromatic N) is 1. The van der Waals surface area contributed by atoms with Crippen molar-refractivity contribution in [3.05, 3.63) is 29.3 Å². The van der Waals surface area contributed by atoms with Crippen LogP contribution in [0.3, 0.4) is 0 Å². The second-order valence-electron chi connectivity index (χ2n) is 4.50. The lowest BCUT2D eigenvalue weighted by Gasteiger charge is -2.26. The molecule has 5 heteroatoms. The van der Waals surface area contributed by atoms with E-state index in [9.17, 15) is 9.59 Å². The van der Waals surface area contributed by atoms with Crippen LogP contribution in [0.15, 0.2) is 18.2 Å². The van der Waals surface area contributed by atoms with Crippen molar-refractivity contribution in [1.82, 2.24) is 10.2 Å². The van der Waals surface area contributed by atoms with Crippen molar-refractivity contribution in [2.75, 3.05) is 26.2 Å². The fraction of sp³-hybridized carbons (Fsp3) is 0.385. The first kappa shape index (κ1) is 11.1. The fourth-order valence-corrected chi connectivity index (χ4v) is 2.31. The molecule has 2 aliphatic heterocycles. The highest BCUT2D eigenvalue weighted by Gasteiger charge is 2.23. The smallest absolute Gasteiger partial charge is 0.254 e. The maximum absolute atomic E-state index is 12.3. The second kappa shape index (κ2) is 4.33. The summed E-state index contributed by atoms with van der Waals surface area (Å²) < 4.78 is 5.41. The summed E-state index contributed by atoms with van der Waals surface area (Å²) in [6.45, 7) is 1.92. The van der Waals surface area contributed by atoms with E-state index in [1.54, 1.807) is 11.0 Å². The van der Waals surface area contributed by atoms with Gasteiger partial charge in [-0.2, -0.15) is 0 Å². The van der Waals surface area contributed by atoms with Gasteiger partial charge in [-0.05, 0) is 23.8 Å². The summed E-state index contributed by atoms with van der Waals surface area (Å²) in [7, 11) is 0. The number of carbonyl (C=O) groups is 2. The predicted molar refractivity (Wildman–Crippen MR) is 64.6 cm³/mol. The summed E-state index contributed by atoms with van der Waals surface area (Å²) >= 11 is 0. The minimum absolute atomic E-state index is 0.0837. The lowest BCUT2D eigenvalue weighted by molar-refractivity contribution is -0.123. The van der Waals surface area contributed by atoms with E-state index in [1.807, 2.05) is 12.1 Å². The lowest BCUT2D eigenvalue weighted by atomic mass is 10.1. The van der Waals surface area contributed by atoms with Gasteiger partial charge in [-0.15, -0.1) is 0 Å². The van der Waals surface area contributed by atoms with Crippen molar-refractivity contribution < 1.29 is 14.3 Å². The number of ether oxygens (including phenoxy) is 1. The summed E-state index contributed by atoms with van der Waals surface area (Å²) in [5.41, 5.74) is 1.70. The van der Waals surface area contributed by atoms with Crippen molar-refractivity contribution in [1.29, 1.82) is 0 Å². The van der Waals surface area contributed by atoms with Crippen LogP contribution in [0.4, 0.5) is 0 Å². The van der Waals surface area contributed by atoms with Crippen LogP contribution in [0.5, 0.6) is 5.75 Å². The quantitative estimate of drug-likeness (QED) is 0.769. The standard InChI is InChI=1S/C13H14N2O3/c16-12-8-15(5-4-14-12)13(17)10-1-2-11-9(7-10)3-6-18-11/h1-2,7H,3-6,8H2,(H,14,16). The van der Waals surface area contributed by atoms with Crippen LogP contribution in [-0.4, -0.2) is 43.0 Å². The molecule has 0 bridgehead atoms. The molecule has 1 aromatic rings. The minimum atomic E-state index is -0.0981. The van der Waals surface area contributed by atoms with Gasteiger partial charge in [0, 0.05) is 25.1 Å². The van der Waals surface area contributed by atoms with Crippen LogP contribution in [-0.2, 0) is 11.2 Å². The van der Waals surface area contributed by atoms with E-state index >= 15 is 0 Å². The lowest BCUT2D eigenvalue weighted by Crippen LogP contribution is -2.49. The van der Waals surface area contributed by atoms with Crippen molar-refractivity contribution in [3.8, 4) is 5.75 Å². The third-order valence-corrected chi connectivity index (χ3v) is 3.26. The van der Waals surface area contributed by atoms with Crippen molar-refractivity contribution >= 4 is 11.8 Å². The molecule has 1 aromatic carbocycles. The Morgan fingerprint density at radius 2 is 2.28 bits per heavy atom. The molecular weight excluding hydrogens is 232 g/mol. The number of hydrogen-bond donors (Lipinski definition) is 1. The molecule has 2 amide bonds. The highest BCUT2D eigenvalue weighted by Crippen LogP contribution is 2.26. The highest BCUT2D eigenvalue weighted by molar-refractivity contribution is 5.97. The highest BCUT2D eigenvalue weighted by atomic mass is 16.5. The zero-order valence-electron chi connectivity index (χ0n) is 9.94. The van der Waals surface area contributed by atoms with Gasteiger partial charge in [-0.25, -0.2) is 0 Å². The molecule has 2 aliphatic rings. The van der Waals surface area contributed by atoms with Crippen molar-refractivity contribution in [2.45, 2.75) is 6.42 Å². The van der Waals surface area contributed by atoms with E-state index in [4.69, 9.17) is 4.74 Å². The number of amides is 2. The first-order chi connectivity index (χ1) is 8.74. The molecule has 0 aliphatic carbocycles. The van der Waals surface area contributed by atoms with Gasteiger partial charge in [0.25, 0.3) is 5.91 Å². The monoisotopic (exact) mass is 246 g/mol. The van der Waals surface area contributed by atoms with E-state index in [1.165, 1.54) is 0 Å². The van der Waals surface area contributed by atoms with E-state index in [0.29, 0.717) is 25.3 Å². The van der Waals surface area contributed by atoms with Crippen LogP contribution in [0.25, 0.3) is 0 Å². The summed E-state index contributed by atoms with van der Waals surface area (Å²) in [6, 6.07) is 5.47. The number of carbonyl (C=O) groups excluding carboxylic acids is 2. The molecule has 0 atom stereocenters. The Kier molecular flexibility index (Phi) is 2.66. The SMILES string of the molecule is O=C1CN(C(=O)c2ccc3c(c2)CCO3)CCN1. The molecule has 1 saturated heterocycles. The number of fused-ring (bicyclic) bond motifs is 1. The first-order valence-electron chi connectivity index (χ1n) is 6.06. The van der Waals surface area contributed by atoms with Gasteiger partial charge in [-0.3, -0.25) is 9.59 Å². The third-order valence-electron chi connectivity index (χ3n) is 3.26. The second-order valence-corrected chi connectivity index (χ2v) is 4.50. The summed E-state index contributed by atoms with van der Waals surface area (Å²) in [5.74, 6) is 0.682. The maximum atomic E-state index is 12.3. The zero-order chi connectivity index (χ0) is 12.5. The molecular formula is C13H14N2O3. The van der Waals surface area contributed by atoms with Gasteiger partial charge < -0.3 is 15.0 Å². The number of piperazine rings is 1. The molecule has 1 N–H and O–H groups in total. The Labute approximate surface area is 105 Å². The Morgan fingerprint density at radius 3 is 3.11 bits per heavy atom. The molecule has 18 heavy (non-hydrogen) atoms. The Morgan fingerprint density at radius 1 is 1.39 bits per heavy atom. The number of rotatable bonds is 1. The van der Waals surface area contributed by atoms with Gasteiger partial charge >= 0.3 is 0 Å². The molecule has 3 rings (SSSR count). The topological polar surface area (TPSA) is 58.6 Å². The van der Waals surface area contributed by atoms with Crippen molar-refractivity contribution in [2.24, 2.45) is 0 Å². The largest absolute Gasteiger partial charge is 0.493 e. The molecule has 0 spiro atoms. The van der Waals surface area contributed by atoms with E-state index in [0.717, 1.165) is 17.7 Å². The average molecular weight is 246 g/mol. The molecule has 1 fully saturated rings. The Hall–Kier alpha value is -2.04. The normalized spacial score (nSPS) is 18.0. The Balaban J connectivity index is 1.81. The molecule has 0 radical (unpaired) electrons. The van der Waals surface area contributed by atoms with Gasteiger partial charge in [0.1, 0.15) is 5.75 Å². The molecule has 94 valence electrons. The van der Waals surface area contributed by atoms with E-state index in [-0.39, 0.29) is 18.4 Å². The summed E-state index contributed by atoms with van der Waals surface area (Å²) in [5, 5.41) is 2.71. The fourth-order valence-electron chi connectivity index (χ4n) is 2.31. The van der Waals surface area contributed by atoms with Gasteiger partial charge in [-0.1, -0.05) is 0 Å². The van der Waals surface area contributed by atoms with E-state index < -0.39 is 0 Å². The minimum Gasteiger partial charge on any atom is -0.493 e. The predicted octanol–water partition coefficient (Wildman–Crippen LogP) is 0.194. The van der Waals surface area contributed by atoms with Gasteiger partial charge in [0.05, 0.1) is 13.2 Å². The maximum Gasteiger partial charge on any atom is 0.254 e. The zero-order valence-corrected chi connectivity index (χ0v) is 9.94. The van der Waals surface area contributed by atoms with Crippen LogP contribution in [0.1, 0.15) is 15.9 Å². The summed E-state index contributed by atoms with van der Waals surface area (Å²) in [6.07, 6.45) is 0.844. The van der Waals surface area contributed by atoms with Crippen molar-refractivity contribution in [3.63, 3.8) is 0 Å².